The van der Waals surface area contributed by atoms with E-state index in [0.717, 1.165) is 173 Å². The lowest BCUT2D eigenvalue weighted by atomic mass is 10.0. The van der Waals surface area contributed by atoms with E-state index in [1.165, 1.54) is 51.4 Å². The number of aliphatic hydroxyl groups is 1. The Labute approximate surface area is 630 Å². The van der Waals surface area contributed by atoms with Crippen molar-refractivity contribution in [1.82, 2.24) is 0 Å². The minimum absolute atomic E-state index is 0.0672. The van der Waals surface area contributed by atoms with Gasteiger partial charge in [-0.15, -0.1) is 0 Å². The quantitative estimate of drug-likeness (QED) is 0.0169. The maximum absolute atomic E-state index is 13.1. The number of carbonyl (C=O) groups is 4. The molecule has 0 aromatic heterocycles. The van der Waals surface area contributed by atoms with Crippen molar-refractivity contribution < 1.29 is 80.2 Å². The number of aliphatic hydroxyl groups excluding tert-OH is 1. The Balaban J connectivity index is 5.42. The molecule has 0 aromatic rings. The van der Waals surface area contributed by atoms with Gasteiger partial charge in [-0.05, 0) is 135 Å². The molecule has 0 aliphatic rings. The van der Waals surface area contributed by atoms with Crippen LogP contribution in [0.4, 0.5) is 0 Å². The summed E-state index contributed by atoms with van der Waals surface area (Å²) >= 11 is 0. The normalized spacial score (nSPS) is 14.6. The van der Waals surface area contributed by atoms with Crippen LogP contribution in [0.5, 0.6) is 0 Å². The zero-order chi connectivity index (χ0) is 76.0. The molecule has 0 saturated heterocycles. The molecule has 3 N–H and O–H groups in total. The van der Waals surface area contributed by atoms with Crippen LogP contribution in [-0.4, -0.2) is 96.7 Å². The third-order valence-corrected chi connectivity index (χ3v) is 18.2. The topological polar surface area (TPSA) is 237 Å². The van der Waals surface area contributed by atoms with Crippen LogP contribution < -0.4 is 0 Å². The Morgan fingerprint density at radius 1 is 0.279 bits per heavy atom. The predicted molar refractivity (Wildman–Crippen MR) is 427 cm³/mol. The fraction of sp³-hybridized carbons (Fsp3) is 0.671. The molecule has 0 aliphatic carbocycles. The Morgan fingerprint density at radius 3 is 0.808 bits per heavy atom. The number of allylic oxidation sites excluding steroid dienone is 24. The molecule has 594 valence electrons. The van der Waals surface area contributed by atoms with Gasteiger partial charge in [0.15, 0.2) is 12.2 Å². The second-order valence-electron chi connectivity index (χ2n) is 26.2. The van der Waals surface area contributed by atoms with E-state index in [1.54, 1.807) is 0 Å². The smallest absolute Gasteiger partial charge is 0.462 e. The summed E-state index contributed by atoms with van der Waals surface area (Å²) in [6.45, 7) is 4.45. The highest BCUT2D eigenvalue weighted by Gasteiger charge is 2.30. The molecule has 0 radical (unpaired) electrons. The van der Waals surface area contributed by atoms with Crippen molar-refractivity contribution in [2.24, 2.45) is 0 Å². The third kappa shape index (κ3) is 75.2. The van der Waals surface area contributed by atoms with Gasteiger partial charge in [0.1, 0.15) is 19.3 Å². The SMILES string of the molecule is CC/C=C\C/C=C\C/C=C\C/C=C\C/C=C\CCCC(=O)OCC(COP(=O)(O)OCC(O)COP(=O)(O)OCC(COC(=O)CCCCCCCC/C=C\C/C=C\C/C=C\C/C=C\CC)OC(=O)CCCCCCC/C=C\C/C=C\C/C=C\CC)OC(=O)CCCCCCCCCCCCCCC. The number of rotatable bonds is 74. The first-order valence-electron chi connectivity index (χ1n) is 40.1. The lowest BCUT2D eigenvalue weighted by Crippen LogP contribution is -2.30. The largest absolute Gasteiger partial charge is 0.472 e. The number of phosphoric ester groups is 2. The number of carbonyl (C=O) groups excluding carboxylic acids is 4. The Morgan fingerprint density at radius 2 is 0.510 bits per heavy atom. The second-order valence-corrected chi connectivity index (χ2v) is 29.1. The van der Waals surface area contributed by atoms with Gasteiger partial charge >= 0.3 is 39.5 Å². The van der Waals surface area contributed by atoms with Crippen molar-refractivity contribution in [3.63, 3.8) is 0 Å². The second kappa shape index (κ2) is 76.1. The highest BCUT2D eigenvalue weighted by Crippen LogP contribution is 2.45. The predicted octanol–water partition coefficient (Wildman–Crippen LogP) is 23.4. The van der Waals surface area contributed by atoms with Crippen LogP contribution in [0.15, 0.2) is 146 Å². The molecular formula is C85H142O17P2. The molecule has 0 aromatic carbocycles. The van der Waals surface area contributed by atoms with Gasteiger partial charge < -0.3 is 33.8 Å². The van der Waals surface area contributed by atoms with Crippen molar-refractivity contribution in [2.75, 3.05) is 39.6 Å². The first-order chi connectivity index (χ1) is 50.7. The summed E-state index contributed by atoms with van der Waals surface area (Å²) in [5.41, 5.74) is 0. The summed E-state index contributed by atoms with van der Waals surface area (Å²) in [4.78, 5) is 73.0. The van der Waals surface area contributed by atoms with Crippen molar-refractivity contribution in [1.29, 1.82) is 0 Å². The van der Waals surface area contributed by atoms with Gasteiger partial charge in [-0.1, -0.05) is 296 Å². The summed E-state index contributed by atoms with van der Waals surface area (Å²) in [5.74, 6) is -2.27. The zero-order valence-electron chi connectivity index (χ0n) is 64.9. The molecule has 0 rings (SSSR count). The van der Waals surface area contributed by atoms with Crippen molar-refractivity contribution in [2.45, 2.75) is 329 Å². The van der Waals surface area contributed by atoms with Crippen LogP contribution in [-0.2, 0) is 65.4 Å². The molecule has 0 amide bonds. The van der Waals surface area contributed by atoms with E-state index in [-0.39, 0.29) is 25.7 Å². The molecule has 0 heterocycles. The number of unbranched alkanes of at least 4 members (excludes halogenated alkanes) is 24. The summed E-state index contributed by atoms with van der Waals surface area (Å²) in [6.07, 6.45) is 86.9. The van der Waals surface area contributed by atoms with Crippen LogP contribution in [0.3, 0.4) is 0 Å². The van der Waals surface area contributed by atoms with E-state index in [0.29, 0.717) is 32.1 Å². The zero-order valence-corrected chi connectivity index (χ0v) is 66.7. The van der Waals surface area contributed by atoms with Crippen LogP contribution in [0.2, 0.25) is 0 Å². The van der Waals surface area contributed by atoms with E-state index < -0.39 is 97.5 Å². The van der Waals surface area contributed by atoms with Crippen molar-refractivity contribution >= 4 is 39.5 Å². The summed E-state index contributed by atoms with van der Waals surface area (Å²) in [5, 5.41) is 10.6. The molecule has 104 heavy (non-hydrogen) atoms. The number of phosphoric acid groups is 2. The highest BCUT2D eigenvalue weighted by atomic mass is 31.2. The number of hydrogen-bond donors (Lipinski definition) is 3. The lowest BCUT2D eigenvalue weighted by Gasteiger charge is -2.21. The third-order valence-electron chi connectivity index (χ3n) is 16.3. The van der Waals surface area contributed by atoms with Gasteiger partial charge in [0, 0.05) is 25.7 Å². The summed E-state index contributed by atoms with van der Waals surface area (Å²) in [7, 11) is -9.99. The molecule has 0 fully saturated rings. The van der Waals surface area contributed by atoms with Crippen molar-refractivity contribution in [3.8, 4) is 0 Å². The molecule has 0 saturated carbocycles. The van der Waals surface area contributed by atoms with E-state index in [4.69, 9.17) is 37.0 Å². The first kappa shape index (κ1) is 98.9. The molecule has 5 atom stereocenters. The minimum atomic E-state index is -4.99. The van der Waals surface area contributed by atoms with Crippen LogP contribution >= 0.6 is 15.6 Å². The monoisotopic (exact) mass is 1500 g/mol. The van der Waals surface area contributed by atoms with Crippen LogP contribution in [0.1, 0.15) is 310 Å². The molecule has 0 bridgehead atoms. The maximum atomic E-state index is 13.1. The first-order valence-corrected chi connectivity index (χ1v) is 43.1. The molecule has 0 aliphatic heterocycles. The summed E-state index contributed by atoms with van der Waals surface area (Å²) in [6, 6.07) is 0. The van der Waals surface area contributed by atoms with Gasteiger partial charge in [0.25, 0.3) is 0 Å². The fourth-order valence-corrected chi connectivity index (χ4v) is 11.9. The van der Waals surface area contributed by atoms with Gasteiger partial charge in [-0.25, -0.2) is 9.13 Å². The standard InChI is InChI=1S/C85H142O17P2/c1-5-9-13-17-21-25-29-33-36-38-39-41-44-47-50-54-58-62-66-70-83(88)96-76-81(102-85(90)72-68-64-60-56-52-48-42-35-31-27-23-19-15-11-7-3)78-100-104(93,94)98-74-79(86)73-97-103(91,92)99-77-80(101-84(89)71-67-63-59-55-51-45-32-28-24-20-16-12-8-4)75-95-82(87)69-65-61-57-53-49-46-43-40-37-34-30-26-22-18-14-10-6-2/h9-11,13-15,21-23,25-27,33-37,39,41-43,46,53,57,79-81,86H,5-8,12,16-20,24,28-32,38,40,44-45,47-52,54-56,58-78H2,1-4H3,(H,91,92)(H,93,94)/b13-9-,14-10-,15-11-,25-21-,26-22-,27-23-,36-33-,37-34-,41-39-,42-35-,46-43-,57-53-. The van der Waals surface area contributed by atoms with E-state index >= 15 is 0 Å². The van der Waals surface area contributed by atoms with Crippen LogP contribution in [0.25, 0.3) is 0 Å². The Bertz CT molecular complexity index is 2540. The van der Waals surface area contributed by atoms with E-state index in [9.17, 15) is 43.2 Å². The molecule has 0 spiro atoms. The molecule has 5 unspecified atom stereocenters. The van der Waals surface area contributed by atoms with Gasteiger partial charge in [0.05, 0.1) is 26.4 Å². The number of esters is 4. The summed E-state index contributed by atoms with van der Waals surface area (Å²) < 4.78 is 68.6. The van der Waals surface area contributed by atoms with Crippen molar-refractivity contribution in [3.05, 3.63) is 146 Å². The molecular weight excluding hydrogens is 1350 g/mol. The van der Waals surface area contributed by atoms with Gasteiger partial charge in [-0.2, -0.15) is 0 Å². The molecule has 17 nitrogen and oxygen atoms in total. The maximum Gasteiger partial charge on any atom is 0.472 e. The van der Waals surface area contributed by atoms with Gasteiger partial charge in [0.2, 0.25) is 0 Å². The van der Waals surface area contributed by atoms with Crippen LogP contribution in [0, 0.1) is 0 Å². The van der Waals surface area contributed by atoms with E-state index in [2.05, 4.69) is 161 Å². The minimum Gasteiger partial charge on any atom is -0.462 e. The number of ether oxygens (including phenoxy) is 4. The fourth-order valence-electron chi connectivity index (χ4n) is 10.3. The highest BCUT2D eigenvalue weighted by molar-refractivity contribution is 7.47. The number of hydrogen-bond acceptors (Lipinski definition) is 15. The molecule has 19 heteroatoms. The average molecular weight is 1500 g/mol. The average Bonchev–Trinajstić information content (AvgIpc) is 0.918. The Hall–Kier alpha value is -5.06. The Kier molecular flexibility index (Phi) is 72.4. The van der Waals surface area contributed by atoms with E-state index in [1.807, 2.05) is 12.2 Å². The lowest BCUT2D eigenvalue weighted by molar-refractivity contribution is -0.161. The van der Waals surface area contributed by atoms with Gasteiger partial charge in [-0.3, -0.25) is 37.3 Å².